The first-order valence-corrected chi connectivity index (χ1v) is 13.3. The first-order chi connectivity index (χ1) is 18.5. The fraction of sp³-hybridized carbons (Fsp3) is 0.133. The zero-order chi connectivity index (χ0) is 26.0. The molecule has 38 heavy (non-hydrogen) atoms. The van der Waals surface area contributed by atoms with Crippen molar-refractivity contribution >= 4 is 39.7 Å². The van der Waals surface area contributed by atoms with Gasteiger partial charge in [-0.3, -0.25) is 19.5 Å². The number of nitrogens with one attached hydrogen (secondary N) is 1. The number of fused-ring (bicyclic) bond motifs is 4. The van der Waals surface area contributed by atoms with E-state index in [1.54, 1.807) is 16.7 Å². The van der Waals surface area contributed by atoms with Crippen LogP contribution in [0.1, 0.15) is 40.4 Å². The number of benzene rings is 3. The predicted molar refractivity (Wildman–Crippen MR) is 149 cm³/mol. The van der Waals surface area contributed by atoms with E-state index in [0.29, 0.717) is 9.33 Å². The third-order valence-corrected chi connectivity index (χ3v) is 8.47. The highest BCUT2D eigenvalue weighted by atomic mass is 32.1. The van der Waals surface area contributed by atoms with E-state index in [1.807, 2.05) is 55.5 Å². The number of aromatic nitrogens is 2. The zero-order valence-electron chi connectivity index (χ0n) is 20.5. The molecule has 0 radical (unpaired) electrons. The van der Waals surface area contributed by atoms with Crippen LogP contribution < -0.4 is 14.9 Å². The van der Waals surface area contributed by atoms with Crippen LogP contribution in [-0.4, -0.2) is 14.5 Å². The van der Waals surface area contributed by atoms with Crippen LogP contribution in [-0.2, 0) is 6.42 Å². The number of allylic oxidation sites excluding steroid dienone is 1. The standard InChI is InChI=1S/C30H22N4O3S/c1-17-24(22-11-4-5-12-25(22)31-17)16-26-29(35)33-28(19-8-6-9-20(15-19)34(36)37)23-14-13-18-7-2-3-10-21(18)27(23)32-30(33)38-26/h2-12,15-16,28,31H,13-14H2,1H3/b26-16+/t28-/m1/s1. The van der Waals surface area contributed by atoms with Gasteiger partial charge in [0.2, 0.25) is 0 Å². The molecule has 0 unspecified atom stereocenters. The third kappa shape index (κ3) is 3.41. The van der Waals surface area contributed by atoms with Crippen LogP contribution in [0.2, 0.25) is 0 Å². The van der Waals surface area contributed by atoms with Crippen LogP contribution in [0.15, 0.2) is 88.2 Å². The Morgan fingerprint density at radius 1 is 1.08 bits per heavy atom. The molecule has 0 saturated carbocycles. The van der Waals surface area contributed by atoms with Crippen molar-refractivity contribution < 1.29 is 4.92 Å². The fourth-order valence-corrected chi connectivity index (χ4v) is 6.73. The fourth-order valence-electron chi connectivity index (χ4n) is 5.75. The SMILES string of the molecule is Cc1[nH]c2ccccc2c1/C=c1/sc2n(c1=O)[C@H](c1cccc([N+](=O)[O-])c1)C1=C(N=2)c2ccccc2CC1. The summed E-state index contributed by atoms with van der Waals surface area (Å²) in [5.41, 5.74) is 7.76. The van der Waals surface area contributed by atoms with Crippen molar-refractivity contribution in [1.82, 2.24) is 9.55 Å². The molecule has 7 nitrogen and oxygen atoms in total. The van der Waals surface area contributed by atoms with E-state index < -0.39 is 11.0 Å². The molecule has 1 atom stereocenters. The number of non-ortho nitro benzene ring substituents is 1. The number of hydrogen-bond acceptors (Lipinski definition) is 5. The summed E-state index contributed by atoms with van der Waals surface area (Å²) in [5, 5.41) is 12.7. The lowest BCUT2D eigenvalue weighted by Crippen LogP contribution is -2.38. The lowest BCUT2D eigenvalue weighted by Gasteiger charge is -2.30. The molecule has 0 saturated heterocycles. The van der Waals surface area contributed by atoms with Gasteiger partial charge in [0.1, 0.15) is 0 Å². The average molecular weight is 519 g/mol. The van der Waals surface area contributed by atoms with Gasteiger partial charge in [-0.25, -0.2) is 4.99 Å². The second-order valence-corrected chi connectivity index (χ2v) is 10.7. The molecule has 2 aliphatic rings. The Bertz CT molecular complexity index is 2010. The molecule has 186 valence electrons. The number of H-pyrrole nitrogens is 1. The molecule has 1 aliphatic carbocycles. The quantitative estimate of drug-likeness (QED) is 0.269. The van der Waals surface area contributed by atoms with Gasteiger partial charge in [0.25, 0.3) is 11.2 Å². The molecule has 7 rings (SSSR count). The van der Waals surface area contributed by atoms with E-state index in [-0.39, 0.29) is 11.2 Å². The number of aryl methyl sites for hydroxylation is 2. The Morgan fingerprint density at radius 3 is 2.76 bits per heavy atom. The van der Waals surface area contributed by atoms with Gasteiger partial charge >= 0.3 is 0 Å². The van der Waals surface area contributed by atoms with Crippen LogP contribution in [0.4, 0.5) is 5.69 Å². The van der Waals surface area contributed by atoms with Gasteiger partial charge in [-0.1, -0.05) is 65.9 Å². The summed E-state index contributed by atoms with van der Waals surface area (Å²) in [4.78, 5) is 34.3. The third-order valence-electron chi connectivity index (χ3n) is 7.49. The summed E-state index contributed by atoms with van der Waals surface area (Å²) in [6.45, 7) is 2.00. The van der Waals surface area contributed by atoms with Gasteiger partial charge in [-0.2, -0.15) is 0 Å². The first-order valence-electron chi connectivity index (χ1n) is 12.4. The molecule has 0 spiro atoms. The number of hydrogen-bond donors (Lipinski definition) is 1. The van der Waals surface area contributed by atoms with Gasteiger partial charge in [-0.05, 0) is 48.6 Å². The Balaban J connectivity index is 1.51. The number of aromatic amines is 1. The molecule has 0 bridgehead atoms. The van der Waals surface area contributed by atoms with E-state index in [9.17, 15) is 14.9 Å². The van der Waals surface area contributed by atoms with Crippen LogP contribution in [0, 0.1) is 17.0 Å². The van der Waals surface area contributed by atoms with Gasteiger partial charge in [0, 0.05) is 39.9 Å². The maximum Gasteiger partial charge on any atom is 0.271 e. The minimum absolute atomic E-state index is 0.00871. The molecule has 2 aromatic heterocycles. The number of rotatable bonds is 3. The van der Waals surface area contributed by atoms with Crippen molar-refractivity contribution in [1.29, 1.82) is 0 Å². The van der Waals surface area contributed by atoms with Crippen molar-refractivity contribution in [2.24, 2.45) is 4.99 Å². The second-order valence-electron chi connectivity index (χ2n) is 9.68. The van der Waals surface area contributed by atoms with E-state index in [1.165, 1.54) is 23.0 Å². The Kier molecular flexibility index (Phi) is 5.06. The number of thiazole rings is 1. The summed E-state index contributed by atoms with van der Waals surface area (Å²) < 4.78 is 2.31. The zero-order valence-corrected chi connectivity index (χ0v) is 21.3. The topological polar surface area (TPSA) is 93.3 Å². The minimum Gasteiger partial charge on any atom is -0.358 e. The molecule has 1 N–H and O–H groups in total. The summed E-state index contributed by atoms with van der Waals surface area (Å²) >= 11 is 1.36. The van der Waals surface area contributed by atoms with Crippen LogP contribution in [0.3, 0.4) is 0 Å². The van der Waals surface area contributed by atoms with E-state index in [0.717, 1.165) is 57.4 Å². The molecule has 0 amide bonds. The summed E-state index contributed by atoms with van der Waals surface area (Å²) in [5.74, 6) is 0. The van der Waals surface area contributed by atoms with Crippen LogP contribution >= 0.6 is 11.3 Å². The van der Waals surface area contributed by atoms with Crippen molar-refractivity contribution in [3.63, 3.8) is 0 Å². The Hall–Kier alpha value is -4.56. The number of nitro benzene ring substituents is 1. The molecule has 1 aliphatic heterocycles. The van der Waals surface area contributed by atoms with Crippen molar-refractivity contribution in [2.75, 3.05) is 0 Å². The molecular weight excluding hydrogens is 496 g/mol. The smallest absolute Gasteiger partial charge is 0.271 e. The number of nitro groups is 1. The molecular formula is C30H22N4O3S. The van der Waals surface area contributed by atoms with Crippen LogP contribution in [0.25, 0.3) is 22.7 Å². The van der Waals surface area contributed by atoms with Gasteiger partial charge in [0.15, 0.2) is 4.80 Å². The maximum absolute atomic E-state index is 14.0. The predicted octanol–water partition coefficient (Wildman–Crippen LogP) is 5.02. The first kappa shape index (κ1) is 22.6. The highest BCUT2D eigenvalue weighted by Gasteiger charge is 2.33. The van der Waals surface area contributed by atoms with Crippen molar-refractivity contribution in [2.45, 2.75) is 25.8 Å². The van der Waals surface area contributed by atoms with Crippen molar-refractivity contribution in [3.05, 3.63) is 136 Å². The van der Waals surface area contributed by atoms with Crippen molar-refractivity contribution in [3.8, 4) is 0 Å². The minimum atomic E-state index is -0.458. The highest BCUT2D eigenvalue weighted by Crippen LogP contribution is 2.41. The van der Waals surface area contributed by atoms with Gasteiger partial charge < -0.3 is 4.98 Å². The molecule has 5 aromatic rings. The molecule has 0 fully saturated rings. The van der Waals surface area contributed by atoms with Crippen LogP contribution in [0.5, 0.6) is 0 Å². The monoisotopic (exact) mass is 518 g/mol. The normalized spacial score (nSPS) is 16.7. The van der Waals surface area contributed by atoms with E-state index >= 15 is 0 Å². The van der Waals surface area contributed by atoms with E-state index in [4.69, 9.17) is 4.99 Å². The number of para-hydroxylation sites is 1. The summed E-state index contributed by atoms with van der Waals surface area (Å²) in [7, 11) is 0. The van der Waals surface area contributed by atoms with E-state index in [2.05, 4.69) is 17.1 Å². The summed E-state index contributed by atoms with van der Waals surface area (Å²) in [6.07, 6.45) is 3.50. The second kappa shape index (κ2) is 8.49. The highest BCUT2D eigenvalue weighted by molar-refractivity contribution is 7.07. The Labute approximate surface area is 220 Å². The number of nitrogens with zero attached hydrogens (tertiary/aromatic N) is 3. The molecule has 8 heteroatoms. The van der Waals surface area contributed by atoms with Gasteiger partial charge in [0.05, 0.1) is 21.2 Å². The lowest BCUT2D eigenvalue weighted by molar-refractivity contribution is -0.384. The molecule has 3 aromatic carbocycles. The Morgan fingerprint density at radius 2 is 1.89 bits per heavy atom. The lowest BCUT2D eigenvalue weighted by atomic mass is 9.83. The molecule has 3 heterocycles. The maximum atomic E-state index is 14.0. The van der Waals surface area contributed by atoms with Gasteiger partial charge in [-0.15, -0.1) is 0 Å². The average Bonchev–Trinajstić information content (AvgIpc) is 3.42. The summed E-state index contributed by atoms with van der Waals surface area (Å²) in [6, 6.07) is 22.4. The largest absolute Gasteiger partial charge is 0.358 e.